The lowest BCUT2D eigenvalue weighted by atomic mass is 10.2. The Morgan fingerprint density at radius 2 is 1.18 bits per heavy atom. The molecule has 2 aromatic rings. The highest BCUT2D eigenvalue weighted by molar-refractivity contribution is 6.08. The Hall–Kier alpha value is -3.21. The third-order valence-electron chi connectivity index (χ3n) is 3.47. The van der Waals surface area contributed by atoms with Crippen molar-refractivity contribution in [3.05, 3.63) is 73.5 Å². The Balaban J connectivity index is 1.73. The maximum absolute atomic E-state index is 12.9. The molecule has 0 radical (unpaired) electrons. The third-order valence-corrected chi connectivity index (χ3v) is 3.47. The van der Waals surface area contributed by atoms with Crippen molar-refractivity contribution in [2.75, 3.05) is 9.80 Å². The minimum Gasteiger partial charge on any atom is -0.461 e. The van der Waals surface area contributed by atoms with Gasteiger partial charge >= 0.3 is 6.03 Å². The van der Waals surface area contributed by atoms with Gasteiger partial charge in [0.05, 0.1) is 11.4 Å². The fourth-order valence-corrected chi connectivity index (χ4v) is 2.45. The molecule has 0 fully saturated rings. The summed E-state index contributed by atoms with van der Waals surface area (Å²) < 4.78 is 10.8. The van der Waals surface area contributed by atoms with Gasteiger partial charge in [-0.1, -0.05) is 24.3 Å². The van der Waals surface area contributed by atoms with Crippen molar-refractivity contribution in [2.24, 2.45) is 0 Å². The van der Waals surface area contributed by atoms with Crippen LogP contribution in [0.2, 0.25) is 0 Å². The van der Waals surface area contributed by atoms with Crippen molar-refractivity contribution in [1.82, 2.24) is 0 Å². The summed E-state index contributed by atoms with van der Waals surface area (Å²) in [5.74, 6) is 1.28. The summed E-state index contributed by atoms with van der Waals surface area (Å²) >= 11 is 0. The first-order valence-corrected chi connectivity index (χ1v) is 6.82. The highest BCUT2D eigenvalue weighted by Gasteiger charge is 2.28. The summed E-state index contributed by atoms with van der Waals surface area (Å²) in [6, 6.07) is 14.6. The van der Waals surface area contributed by atoms with Crippen LogP contribution in [0.15, 0.2) is 73.5 Å². The number of ether oxygens (including phenoxy) is 2. The zero-order valence-electron chi connectivity index (χ0n) is 11.5. The van der Waals surface area contributed by atoms with Crippen LogP contribution < -0.4 is 19.3 Å². The van der Waals surface area contributed by atoms with Crippen molar-refractivity contribution in [2.45, 2.75) is 0 Å². The molecule has 0 bridgehead atoms. The topological polar surface area (TPSA) is 42.0 Å². The summed E-state index contributed by atoms with van der Waals surface area (Å²) in [6.07, 6.45) is 6.21. The molecule has 2 aliphatic rings. The summed E-state index contributed by atoms with van der Waals surface area (Å²) in [5.41, 5.74) is 1.40. The Labute approximate surface area is 127 Å². The van der Waals surface area contributed by atoms with Crippen molar-refractivity contribution in [1.29, 1.82) is 0 Å². The van der Waals surface area contributed by atoms with Gasteiger partial charge in [0.2, 0.25) is 0 Å². The number of amides is 2. The second kappa shape index (κ2) is 4.96. The van der Waals surface area contributed by atoms with Gasteiger partial charge in [-0.3, -0.25) is 9.80 Å². The molecule has 0 atom stereocenters. The molecule has 0 N–H and O–H groups in total. The van der Waals surface area contributed by atoms with E-state index in [1.807, 2.05) is 48.5 Å². The fraction of sp³-hybridized carbons (Fsp3) is 0. The van der Waals surface area contributed by atoms with Crippen molar-refractivity contribution in [3.8, 4) is 11.5 Å². The number of fused-ring (bicyclic) bond motifs is 2. The predicted octanol–water partition coefficient (Wildman–Crippen LogP) is 3.85. The number of rotatable bonds is 0. The van der Waals surface area contributed by atoms with E-state index in [-0.39, 0.29) is 6.03 Å². The molecule has 0 saturated heterocycles. The second-order valence-corrected chi connectivity index (χ2v) is 4.76. The van der Waals surface area contributed by atoms with Gasteiger partial charge in [-0.2, -0.15) is 0 Å². The highest BCUT2D eigenvalue weighted by Crippen LogP contribution is 2.36. The van der Waals surface area contributed by atoms with Crippen molar-refractivity contribution < 1.29 is 14.3 Å². The van der Waals surface area contributed by atoms with Crippen molar-refractivity contribution in [3.63, 3.8) is 0 Å². The average molecular weight is 292 g/mol. The van der Waals surface area contributed by atoms with Crippen LogP contribution in [-0.2, 0) is 0 Å². The molecule has 0 unspecified atom stereocenters. The minimum atomic E-state index is -0.209. The molecule has 5 heteroatoms. The fourth-order valence-electron chi connectivity index (χ4n) is 2.45. The van der Waals surface area contributed by atoms with Gasteiger partial charge < -0.3 is 9.47 Å². The first-order chi connectivity index (χ1) is 10.8. The van der Waals surface area contributed by atoms with Crippen LogP contribution in [0.25, 0.3) is 0 Å². The molecular formula is C17H12N2O3. The number of nitrogens with zero attached hydrogens (tertiary/aromatic N) is 2. The van der Waals surface area contributed by atoms with Gasteiger partial charge in [0, 0.05) is 12.4 Å². The van der Waals surface area contributed by atoms with Crippen LogP contribution in [0.4, 0.5) is 16.2 Å². The molecule has 2 aliphatic heterocycles. The van der Waals surface area contributed by atoms with Gasteiger partial charge in [0.15, 0.2) is 11.5 Å². The van der Waals surface area contributed by atoms with Crippen LogP contribution in [-0.4, -0.2) is 6.03 Å². The normalized spacial score (nSPS) is 14.7. The smallest absolute Gasteiger partial charge is 0.337 e. The van der Waals surface area contributed by atoms with E-state index in [1.54, 1.807) is 22.2 Å². The van der Waals surface area contributed by atoms with Gasteiger partial charge in [-0.05, 0) is 24.3 Å². The van der Waals surface area contributed by atoms with Gasteiger partial charge in [0.1, 0.15) is 12.5 Å². The Bertz CT molecular complexity index is 732. The molecule has 0 aliphatic carbocycles. The number of carbonyl (C=O) groups is 1. The summed E-state index contributed by atoms with van der Waals surface area (Å²) in [6.45, 7) is 0. The molecule has 0 saturated carbocycles. The SMILES string of the molecule is O=C(N1C=COc2ccccc21)N1C=COc2ccccc21. The van der Waals surface area contributed by atoms with Gasteiger partial charge in [-0.25, -0.2) is 4.79 Å². The van der Waals surface area contributed by atoms with Crippen LogP contribution in [0.1, 0.15) is 0 Å². The van der Waals surface area contributed by atoms with E-state index < -0.39 is 0 Å². The van der Waals surface area contributed by atoms with E-state index in [9.17, 15) is 4.79 Å². The molecule has 108 valence electrons. The monoisotopic (exact) mass is 292 g/mol. The summed E-state index contributed by atoms with van der Waals surface area (Å²) in [7, 11) is 0. The molecule has 2 amide bonds. The number of hydrogen-bond acceptors (Lipinski definition) is 3. The van der Waals surface area contributed by atoms with Crippen LogP contribution in [0.5, 0.6) is 11.5 Å². The molecule has 4 rings (SSSR count). The van der Waals surface area contributed by atoms with E-state index in [2.05, 4.69) is 0 Å². The molecule has 0 aromatic heterocycles. The van der Waals surface area contributed by atoms with Gasteiger partial charge in [-0.15, -0.1) is 0 Å². The van der Waals surface area contributed by atoms with E-state index in [0.717, 1.165) is 0 Å². The maximum Gasteiger partial charge on any atom is 0.337 e. The molecule has 22 heavy (non-hydrogen) atoms. The summed E-state index contributed by atoms with van der Waals surface area (Å²) in [5, 5.41) is 0. The van der Waals surface area contributed by atoms with E-state index in [0.29, 0.717) is 22.9 Å². The Kier molecular flexibility index (Phi) is 2.83. The quantitative estimate of drug-likeness (QED) is 0.740. The van der Waals surface area contributed by atoms with Crippen LogP contribution in [0, 0.1) is 0 Å². The Morgan fingerprint density at radius 3 is 1.68 bits per heavy atom. The number of para-hydroxylation sites is 4. The molecule has 5 nitrogen and oxygen atoms in total. The first kappa shape index (κ1) is 12.5. The number of urea groups is 1. The zero-order valence-corrected chi connectivity index (χ0v) is 11.5. The lowest BCUT2D eigenvalue weighted by Gasteiger charge is -2.30. The number of carbonyl (C=O) groups excluding carboxylic acids is 1. The Morgan fingerprint density at radius 1 is 0.727 bits per heavy atom. The molecule has 2 heterocycles. The van der Waals surface area contributed by atoms with Crippen LogP contribution >= 0.6 is 0 Å². The van der Waals surface area contributed by atoms with Gasteiger partial charge in [0.25, 0.3) is 0 Å². The zero-order chi connectivity index (χ0) is 14.9. The number of hydrogen-bond donors (Lipinski definition) is 0. The molecule has 0 spiro atoms. The maximum atomic E-state index is 12.9. The lowest BCUT2D eigenvalue weighted by Crippen LogP contribution is -2.39. The lowest BCUT2D eigenvalue weighted by molar-refractivity contribution is 0.254. The van der Waals surface area contributed by atoms with E-state index in [1.165, 1.54) is 12.5 Å². The predicted molar refractivity (Wildman–Crippen MR) is 82.8 cm³/mol. The number of anilines is 2. The highest BCUT2D eigenvalue weighted by atomic mass is 16.5. The second-order valence-electron chi connectivity index (χ2n) is 4.76. The third kappa shape index (κ3) is 1.91. The van der Waals surface area contributed by atoms with Crippen molar-refractivity contribution >= 4 is 17.4 Å². The largest absolute Gasteiger partial charge is 0.461 e. The van der Waals surface area contributed by atoms with E-state index >= 15 is 0 Å². The molecule has 2 aromatic carbocycles. The average Bonchev–Trinajstić information content (AvgIpc) is 2.60. The minimum absolute atomic E-state index is 0.209. The number of benzene rings is 2. The molecular weight excluding hydrogens is 280 g/mol. The standard InChI is InChI=1S/C17H12N2O3/c20-17(18-9-11-21-15-7-3-1-5-13(15)18)19-10-12-22-16-8-4-2-6-14(16)19/h1-12H. The van der Waals surface area contributed by atoms with E-state index in [4.69, 9.17) is 9.47 Å². The summed E-state index contributed by atoms with van der Waals surface area (Å²) in [4.78, 5) is 16.0. The van der Waals surface area contributed by atoms with Crippen LogP contribution in [0.3, 0.4) is 0 Å². The first-order valence-electron chi connectivity index (χ1n) is 6.82.